The standard InChI is InChI=1S/C16H25NO4S/c1-4-6-7-16(5-2)10-22(20,21)15-9-14(19)13(18)8-12(15)11(3)17-16/h8-9,11,17-19H,4-7,10H2,1-3H3. The van der Waals surface area contributed by atoms with Crippen molar-refractivity contribution in [2.24, 2.45) is 0 Å². The lowest BCUT2D eigenvalue weighted by molar-refractivity contribution is 0.287. The molecular formula is C16H25NO4S. The summed E-state index contributed by atoms with van der Waals surface area (Å²) in [5, 5.41) is 22.9. The van der Waals surface area contributed by atoms with Crippen molar-refractivity contribution in [3.63, 3.8) is 0 Å². The third-order valence-corrected chi connectivity index (χ3v) is 6.54. The Morgan fingerprint density at radius 1 is 1.27 bits per heavy atom. The fraction of sp³-hybridized carbons (Fsp3) is 0.625. The van der Waals surface area contributed by atoms with E-state index < -0.39 is 21.1 Å². The summed E-state index contributed by atoms with van der Waals surface area (Å²) in [6, 6.07) is 2.31. The van der Waals surface area contributed by atoms with Crippen molar-refractivity contribution < 1.29 is 18.6 Å². The molecule has 0 aromatic heterocycles. The predicted molar refractivity (Wildman–Crippen MR) is 85.9 cm³/mol. The average Bonchev–Trinajstić information content (AvgIpc) is 2.53. The molecule has 5 nitrogen and oxygen atoms in total. The van der Waals surface area contributed by atoms with Gasteiger partial charge < -0.3 is 15.5 Å². The molecule has 2 atom stereocenters. The number of benzene rings is 1. The molecule has 0 spiro atoms. The second-order valence-electron chi connectivity index (χ2n) is 6.24. The van der Waals surface area contributed by atoms with Gasteiger partial charge in [0.15, 0.2) is 21.3 Å². The zero-order valence-electron chi connectivity index (χ0n) is 13.4. The van der Waals surface area contributed by atoms with Crippen molar-refractivity contribution in [3.05, 3.63) is 17.7 Å². The number of phenolic OH excluding ortho intramolecular Hbond substituents is 2. The number of hydrogen-bond acceptors (Lipinski definition) is 5. The molecule has 2 rings (SSSR count). The van der Waals surface area contributed by atoms with E-state index in [1.807, 2.05) is 13.8 Å². The summed E-state index contributed by atoms with van der Waals surface area (Å²) in [5.74, 6) is -0.676. The van der Waals surface area contributed by atoms with Gasteiger partial charge in [-0.3, -0.25) is 0 Å². The van der Waals surface area contributed by atoms with Gasteiger partial charge in [0.2, 0.25) is 0 Å². The maximum absolute atomic E-state index is 12.8. The van der Waals surface area contributed by atoms with Crippen LogP contribution in [-0.2, 0) is 9.84 Å². The lowest BCUT2D eigenvalue weighted by Crippen LogP contribution is -2.49. The van der Waals surface area contributed by atoms with E-state index in [0.29, 0.717) is 12.0 Å². The molecular weight excluding hydrogens is 302 g/mol. The Bertz CT molecular complexity index is 656. The molecule has 0 aliphatic carbocycles. The van der Waals surface area contributed by atoms with Gasteiger partial charge >= 0.3 is 0 Å². The second kappa shape index (κ2) is 6.08. The fourth-order valence-electron chi connectivity index (χ4n) is 3.24. The Kier molecular flexibility index (Phi) is 4.73. The van der Waals surface area contributed by atoms with Gasteiger partial charge in [-0.25, -0.2) is 8.42 Å². The van der Waals surface area contributed by atoms with Crippen LogP contribution in [-0.4, -0.2) is 29.9 Å². The number of nitrogens with one attached hydrogen (secondary N) is 1. The molecule has 124 valence electrons. The Balaban J connectivity index is 2.56. The van der Waals surface area contributed by atoms with Crippen LogP contribution in [0.2, 0.25) is 0 Å². The maximum Gasteiger partial charge on any atom is 0.180 e. The van der Waals surface area contributed by atoms with Gasteiger partial charge in [0.1, 0.15) is 0 Å². The minimum atomic E-state index is -3.53. The third kappa shape index (κ3) is 3.08. The molecule has 2 unspecified atom stereocenters. The molecule has 1 aromatic rings. The summed E-state index contributed by atoms with van der Waals surface area (Å²) in [5.41, 5.74) is 0.0422. The van der Waals surface area contributed by atoms with E-state index in [0.717, 1.165) is 19.3 Å². The van der Waals surface area contributed by atoms with Gasteiger partial charge in [-0.05, 0) is 31.4 Å². The minimum absolute atomic E-state index is 0.0120. The second-order valence-corrected chi connectivity index (χ2v) is 8.20. The Morgan fingerprint density at radius 3 is 2.50 bits per heavy atom. The van der Waals surface area contributed by atoms with Gasteiger partial charge in [-0.2, -0.15) is 0 Å². The van der Waals surface area contributed by atoms with Crippen LogP contribution in [0.5, 0.6) is 11.5 Å². The Morgan fingerprint density at radius 2 is 1.91 bits per heavy atom. The highest BCUT2D eigenvalue weighted by molar-refractivity contribution is 7.91. The number of aromatic hydroxyl groups is 2. The van der Waals surface area contributed by atoms with E-state index in [9.17, 15) is 18.6 Å². The van der Waals surface area contributed by atoms with Crippen LogP contribution in [0.4, 0.5) is 0 Å². The quantitative estimate of drug-likeness (QED) is 0.740. The Labute approximate surface area is 132 Å². The highest BCUT2D eigenvalue weighted by Gasteiger charge is 2.40. The number of phenols is 2. The predicted octanol–water partition coefficient (Wildman–Crippen LogP) is 2.87. The van der Waals surface area contributed by atoms with Crippen LogP contribution in [0.1, 0.15) is 58.1 Å². The van der Waals surface area contributed by atoms with E-state index in [1.54, 1.807) is 0 Å². The van der Waals surface area contributed by atoms with Gasteiger partial charge in [-0.15, -0.1) is 0 Å². The van der Waals surface area contributed by atoms with Crippen molar-refractivity contribution in [2.45, 2.75) is 62.9 Å². The number of unbranched alkanes of at least 4 members (excludes halogenated alkanes) is 1. The van der Waals surface area contributed by atoms with Crippen molar-refractivity contribution in [2.75, 3.05) is 5.75 Å². The number of hydrogen-bond donors (Lipinski definition) is 3. The first-order valence-corrected chi connectivity index (χ1v) is 9.46. The van der Waals surface area contributed by atoms with E-state index in [2.05, 4.69) is 12.2 Å². The third-order valence-electron chi connectivity index (χ3n) is 4.58. The first kappa shape index (κ1) is 17.1. The van der Waals surface area contributed by atoms with Crippen LogP contribution in [0.3, 0.4) is 0 Å². The van der Waals surface area contributed by atoms with Crippen LogP contribution < -0.4 is 5.32 Å². The summed E-state index contributed by atoms with van der Waals surface area (Å²) in [4.78, 5) is 0.120. The van der Waals surface area contributed by atoms with Crippen LogP contribution >= 0.6 is 0 Å². The molecule has 1 heterocycles. The van der Waals surface area contributed by atoms with Crippen molar-refractivity contribution in [1.82, 2.24) is 5.32 Å². The molecule has 0 amide bonds. The highest BCUT2D eigenvalue weighted by atomic mass is 32.2. The van der Waals surface area contributed by atoms with E-state index in [1.165, 1.54) is 12.1 Å². The average molecular weight is 327 g/mol. The number of rotatable bonds is 4. The lowest BCUT2D eigenvalue weighted by atomic mass is 9.90. The molecule has 0 radical (unpaired) electrons. The zero-order valence-corrected chi connectivity index (χ0v) is 14.2. The van der Waals surface area contributed by atoms with Crippen LogP contribution in [0, 0.1) is 0 Å². The van der Waals surface area contributed by atoms with E-state index >= 15 is 0 Å². The molecule has 1 aliphatic rings. The summed E-state index contributed by atoms with van der Waals surface area (Å²) in [6.07, 6.45) is 3.46. The molecule has 22 heavy (non-hydrogen) atoms. The molecule has 0 fully saturated rings. The molecule has 0 saturated heterocycles. The Hall–Kier alpha value is -1.27. The molecule has 1 aliphatic heterocycles. The lowest BCUT2D eigenvalue weighted by Gasteiger charge is -2.34. The molecule has 0 bridgehead atoms. The number of sulfone groups is 1. The first-order valence-electron chi connectivity index (χ1n) is 7.81. The van der Waals surface area contributed by atoms with E-state index in [4.69, 9.17) is 0 Å². The number of fused-ring (bicyclic) bond motifs is 1. The molecule has 0 saturated carbocycles. The summed E-state index contributed by atoms with van der Waals surface area (Å²) >= 11 is 0. The fourth-order valence-corrected chi connectivity index (χ4v) is 5.44. The topological polar surface area (TPSA) is 86.6 Å². The molecule has 3 N–H and O–H groups in total. The van der Waals surface area contributed by atoms with Crippen molar-refractivity contribution in [1.29, 1.82) is 0 Å². The maximum atomic E-state index is 12.8. The van der Waals surface area contributed by atoms with Gasteiger partial charge in [-0.1, -0.05) is 26.7 Å². The first-order chi connectivity index (χ1) is 10.2. The minimum Gasteiger partial charge on any atom is -0.504 e. The monoisotopic (exact) mass is 327 g/mol. The molecule has 1 aromatic carbocycles. The van der Waals surface area contributed by atoms with Crippen LogP contribution in [0.25, 0.3) is 0 Å². The van der Waals surface area contributed by atoms with Gasteiger partial charge in [0.05, 0.1) is 10.6 Å². The normalized spacial score (nSPS) is 27.1. The summed E-state index contributed by atoms with van der Waals surface area (Å²) in [7, 11) is -3.53. The highest BCUT2D eigenvalue weighted by Crippen LogP contribution is 2.39. The van der Waals surface area contributed by atoms with Gasteiger partial charge in [0.25, 0.3) is 0 Å². The zero-order chi connectivity index (χ0) is 16.5. The largest absolute Gasteiger partial charge is 0.504 e. The van der Waals surface area contributed by atoms with Crippen molar-refractivity contribution >= 4 is 9.84 Å². The summed E-state index contributed by atoms with van der Waals surface area (Å²) < 4.78 is 25.6. The van der Waals surface area contributed by atoms with Gasteiger partial charge in [0, 0.05) is 17.6 Å². The summed E-state index contributed by atoms with van der Waals surface area (Å²) in [6.45, 7) is 5.98. The van der Waals surface area contributed by atoms with Crippen molar-refractivity contribution in [3.8, 4) is 11.5 Å². The van der Waals surface area contributed by atoms with Crippen LogP contribution in [0.15, 0.2) is 17.0 Å². The van der Waals surface area contributed by atoms with E-state index in [-0.39, 0.29) is 22.4 Å². The smallest absolute Gasteiger partial charge is 0.180 e. The molecule has 6 heteroatoms. The SMILES string of the molecule is CCCCC1(CC)CS(=O)(=O)c2cc(O)c(O)cc2C(C)N1.